The number of benzene rings is 3. The molecular weight excluding hydrogens is 477 g/mol. The van der Waals surface area contributed by atoms with Gasteiger partial charge in [0.15, 0.2) is 0 Å². The second-order valence-corrected chi connectivity index (χ2v) is 8.34. The smallest absolute Gasteiger partial charge is 0.119 e. The van der Waals surface area contributed by atoms with Crippen LogP contribution in [0.1, 0.15) is 16.7 Å². The number of nitrogens with zero attached hydrogens (tertiary/aromatic N) is 3. The van der Waals surface area contributed by atoms with Crippen molar-refractivity contribution in [3.8, 4) is 17.2 Å². The van der Waals surface area contributed by atoms with E-state index in [-0.39, 0.29) is 17.4 Å². The zero-order chi connectivity index (χ0) is 25.7. The Bertz CT molecular complexity index is 1470. The molecule has 0 saturated carbocycles. The fraction of sp³-hybridized carbons (Fsp3) is 0.100. The normalized spacial score (nSPS) is 10.1. The van der Waals surface area contributed by atoms with E-state index in [0.29, 0.717) is 17.2 Å². The van der Waals surface area contributed by atoms with Crippen LogP contribution in [0.4, 0.5) is 0 Å². The van der Waals surface area contributed by atoms with Gasteiger partial charge in [-0.2, -0.15) is 0 Å². The number of aromatic nitrogens is 3. The molecule has 3 N–H and O–H groups in total. The van der Waals surface area contributed by atoms with Crippen molar-refractivity contribution >= 4 is 50.1 Å². The summed E-state index contributed by atoms with van der Waals surface area (Å²) in [7, 11) is 0. The number of hydrogen-bond donors (Lipinski definition) is 3. The van der Waals surface area contributed by atoms with E-state index in [4.69, 9.17) is 0 Å². The molecule has 0 spiro atoms. The number of fused-ring (bicyclic) bond motifs is 3. The van der Waals surface area contributed by atoms with Gasteiger partial charge in [0.25, 0.3) is 0 Å². The van der Waals surface area contributed by atoms with E-state index < -0.39 is 0 Å². The topological polar surface area (TPSA) is 99.4 Å². The van der Waals surface area contributed by atoms with E-state index in [9.17, 15) is 15.3 Å². The molecule has 0 amide bonds. The van der Waals surface area contributed by atoms with Gasteiger partial charge in [0.1, 0.15) is 17.2 Å². The average Bonchev–Trinajstić information content (AvgIpc) is 2.92. The van der Waals surface area contributed by atoms with Gasteiger partial charge in [0, 0.05) is 68.8 Å². The first-order chi connectivity index (χ1) is 17.4. The first-order valence-corrected chi connectivity index (χ1v) is 11.5. The number of phenolic OH excluding ortho intramolecular Hbond substituents is 3. The van der Waals surface area contributed by atoms with Gasteiger partial charge in [-0.05, 0) is 75.4 Å². The Kier molecular flexibility index (Phi) is 9.02. The molecule has 0 atom stereocenters. The molecule has 7 heteroatoms. The fourth-order valence-electron chi connectivity index (χ4n) is 3.86. The maximum absolute atomic E-state index is 9.39. The van der Waals surface area contributed by atoms with Crippen molar-refractivity contribution in [1.29, 1.82) is 0 Å². The van der Waals surface area contributed by atoms with Gasteiger partial charge >= 0.3 is 0 Å². The summed E-state index contributed by atoms with van der Waals surface area (Å²) in [5, 5.41) is 31.2. The minimum absolute atomic E-state index is 0. The lowest BCUT2D eigenvalue weighted by Gasteiger charge is -2.02. The molecule has 0 fully saturated rings. The first kappa shape index (κ1) is 27.4. The fourth-order valence-corrected chi connectivity index (χ4v) is 3.86. The van der Waals surface area contributed by atoms with Crippen molar-refractivity contribution in [3.05, 3.63) is 108 Å². The lowest BCUT2D eigenvalue weighted by atomic mass is 10.1. The van der Waals surface area contributed by atoms with Crippen LogP contribution in [0, 0.1) is 20.8 Å². The minimum atomic E-state index is 0. The molecular formula is C30H27AlN3O3. The zero-order valence-electron chi connectivity index (χ0n) is 20.9. The maximum Gasteiger partial charge on any atom is 0.119 e. The van der Waals surface area contributed by atoms with E-state index in [2.05, 4.69) is 15.0 Å². The first-order valence-electron chi connectivity index (χ1n) is 11.5. The molecule has 6 nitrogen and oxygen atoms in total. The highest BCUT2D eigenvalue weighted by Gasteiger charge is 2.02. The Morgan fingerprint density at radius 2 is 0.703 bits per heavy atom. The molecule has 3 heterocycles. The Morgan fingerprint density at radius 1 is 0.432 bits per heavy atom. The Balaban J connectivity index is 0.000000152. The molecule has 0 bridgehead atoms. The van der Waals surface area contributed by atoms with Gasteiger partial charge < -0.3 is 15.3 Å². The van der Waals surface area contributed by atoms with Crippen molar-refractivity contribution in [2.75, 3.05) is 0 Å². The maximum atomic E-state index is 9.39. The molecule has 0 saturated heterocycles. The molecule has 3 aromatic carbocycles. The number of aromatic hydroxyl groups is 3. The average molecular weight is 505 g/mol. The van der Waals surface area contributed by atoms with Crippen LogP contribution < -0.4 is 0 Å². The molecule has 0 aliphatic heterocycles. The van der Waals surface area contributed by atoms with Crippen LogP contribution >= 0.6 is 0 Å². The molecule has 0 aliphatic rings. The van der Waals surface area contributed by atoms with E-state index in [0.717, 1.165) is 49.4 Å². The molecule has 3 radical (unpaired) electrons. The highest BCUT2D eigenvalue weighted by Crippen LogP contribution is 2.25. The molecule has 6 rings (SSSR count). The van der Waals surface area contributed by atoms with E-state index in [1.807, 2.05) is 75.4 Å². The second kappa shape index (κ2) is 12.2. The summed E-state index contributed by atoms with van der Waals surface area (Å²) >= 11 is 0. The summed E-state index contributed by atoms with van der Waals surface area (Å²) in [6, 6.07) is 21.9. The monoisotopic (exact) mass is 504 g/mol. The van der Waals surface area contributed by atoms with E-state index in [1.54, 1.807) is 36.8 Å². The van der Waals surface area contributed by atoms with Crippen LogP contribution in [0.25, 0.3) is 32.7 Å². The Labute approximate surface area is 226 Å². The largest absolute Gasteiger partial charge is 0.508 e. The molecule has 183 valence electrons. The lowest BCUT2D eigenvalue weighted by Crippen LogP contribution is -1.81. The summed E-state index contributed by atoms with van der Waals surface area (Å²) in [6.45, 7) is 5.66. The summed E-state index contributed by atoms with van der Waals surface area (Å²) in [5.41, 5.74) is 5.44. The van der Waals surface area contributed by atoms with Crippen molar-refractivity contribution in [1.82, 2.24) is 15.0 Å². The highest BCUT2D eigenvalue weighted by molar-refractivity contribution is 5.85. The Morgan fingerprint density at radius 3 is 0.973 bits per heavy atom. The lowest BCUT2D eigenvalue weighted by molar-refractivity contribution is 0.471. The van der Waals surface area contributed by atoms with Crippen LogP contribution in [-0.2, 0) is 0 Å². The molecule has 0 aliphatic carbocycles. The van der Waals surface area contributed by atoms with Crippen molar-refractivity contribution < 1.29 is 15.3 Å². The number of hydrogen-bond acceptors (Lipinski definition) is 6. The summed E-state index contributed by atoms with van der Waals surface area (Å²) in [5.74, 6) is 0.988. The molecule has 6 aromatic rings. The van der Waals surface area contributed by atoms with Crippen LogP contribution in [0.5, 0.6) is 17.2 Å². The minimum Gasteiger partial charge on any atom is -0.508 e. The summed E-state index contributed by atoms with van der Waals surface area (Å²) < 4.78 is 0. The zero-order valence-corrected chi connectivity index (χ0v) is 22.1. The van der Waals surface area contributed by atoms with Crippen molar-refractivity contribution in [2.45, 2.75) is 20.8 Å². The standard InChI is InChI=1S/3C10H9NO.Al/c3*1-7-8-3-2-6-11-9(8)4-5-10(7)12;/h3*2-6,12H,1H3;. The molecule has 37 heavy (non-hydrogen) atoms. The van der Waals surface area contributed by atoms with Crippen molar-refractivity contribution in [2.24, 2.45) is 0 Å². The molecule has 0 unspecified atom stereocenters. The number of pyridine rings is 3. The van der Waals surface area contributed by atoms with Gasteiger partial charge in [0.2, 0.25) is 0 Å². The third-order valence-corrected chi connectivity index (χ3v) is 6.08. The number of aryl methyl sites for hydroxylation is 3. The third kappa shape index (κ3) is 6.15. The van der Waals surface area contributed by atoms with Crippen LogP contribution in [0.15, 0.2) is 91.4 Å². The van der Waals surface area contributed by atoms with Crippen LogP contribution in [-0.4, -0.2) is 47.6 Å². The SMILES string of the molecule is Cc1c(O)ccc2ncccc12.Cc1c(O)ccc2ncccc12.Cc1c(O)ccc2ncccc12.[Al]. The predicted octanol–water partition coefficient (Wildman–Crippen LogP) is 6.37. The van der Waals surface area contributed by atoms with E-state index in [1.165, 1.54) is 0 Å². The van der Waals surface area contributed by atoms with Crippen molar-refractivity contribution in [3.63, 3.8) is 0 Å². The summed E-state index contributed by atoms with van der Waals surface area (Å²) in [6.07, 6.45) is 5.25. The summed E-state index contributed by atoms with van der Waals surface area (Å²) in [4.78, 5) is 12.5. The number of phenols is 3. The van der Waals surface area contributed by atoms with Gasteiger partial charge in [-0.25, -0.2) is 0 Å². The predicted molar refractivity (Wildman–Crippen MR) is 150 cm³/mol. The quantitative estimate of drug-likeness (QED) is 0.208. The van der Waals surface area contributed by atoms with Gasteiger partial charge in [-0.1, -0.05) is 18.2 Å². The number of rotatable bonds is 0. The van der Waals surface area contributed by atoms with E-state index >= 15 is 0 Å². The van der Waals surface area contributed by atoms with Gasteiger partial charge in [-0.15, -0.1) is 0 Å². The Hall–Kier alpha value is -4.18. The second-order valence-electron chi connectivity index (χ2n) is 8.34. The highest BCUT2D eigenvalue weighted by atomic mass is 27.0. The van der Waals surface area contributed by atoms with Crippen LogP contribution in [0.2, 0.25) is 0 Å². The van der Waals surface area contributed by atoms with Crippen LogP contribution in [0.3, 0.4) is 0 Å². The third-order valence-electron chi connectivity index (χ3n) is 6.08. The molecule has 3 aromatic heterocycles. The van der Waals surface area contributed by atoms with Gasteiger partial charge in [0.05, 0.1) is 16.6 Å². The van der Waals surface area contributed by atoms with Gasteiger partial charge in [-0.3, -0.25) is 15.0 Å².